The summed E-state index contributed by atoms with van der Waals surface area (Å²) in [5, 5.41) is 0. The van der Waals surface area contributed by atoms with Crippen LogP contribution in [0.1, 0.15) is 114 Å². The fourth-order valence-corrected chi connectivity index (χ4v) is 7.04. The Morgan fingerprint density at radius 1 is 0.742 bits per heavy atom. The molecular formula is C30H48O. The zero-order chi connectivity index (χ0) is 21.5. The minimum atomic E-state index is 0.572. The van der Waals surface area contributed by atoms with Gasteiger partial charge in [-0.2, -0.15) is 0 Å². The Labute approximate surface area is 192 Å². The molecule has 3 aliphatic rings. The van der Waals surface area contributed by atoms with Crippen LogP contribution in [0, 0.1) is 23.7 Å². The van der Waals surface area contributed by atoms with Crippen LogP contribution in [-0.4, -0.2) is 12.7 Å². The summed E-state index contributed by atoms with van der Waals surface area (Å²) < 4.78 is 6.26. The van der Waals surface area contributed by atoms with Crippen LogP contribution in [0.25, 0.3) is 0 Å². The summed E-state index contributed by atoms with van der Waals surface area (Å²) in [6.45, 7) is 5.58. The number of hydrogen-bond acceptors (Lipinski definition) is 1. The summed E-state index contributed by atoms with van der Waals surface area (Å²) in [7, 11) is 0. The van der Waals surface area contributed by atoms with Crippen LogP contribution in [-0.2, 0) is 24.0 Å². The molecule has 4 rings (SSSR count). The Morgan fingerprint density at radius 3 is 2.32 bits per heavy atom. The van der Waals surface area contributed by atoms with Crippen molar-refractivity contribution in [2.24, 2.45) is 23.7 Å². The predicted molar refractivity (Wildman–Crippen MR) is 133 cm³/mol. The molecule has 174 valence electrons. The molecule has 0 N–H and O–H groups in total. The summed E-state index contributed by atoms with van der Waals surface area (Å²) >= 11 is 0. The van der Waals surface area contributed by atoms with Crippen LogP contribution in [0.4, 0.5) is 0 Å². The highest BCUT2D eigenvalue weighted by molar-refractivity contribution is 5.34. The van der Waals surface area contributed by atoms with E-state index in [4.69, 9.17) is 4.74 Å². The molecule has 1 nitrogen and oxygen atoms in total. The van der Waals surface area contributed by atoms with Gasteiger partial charge in [-0.1, -0.05) is 57.7 Å². The molecule has 0 aromatic heterocycles. The molecule has 5 atom stereocenters. The highest BCUT2D eigenvalue weighted by Gasteiger charge is 2.38. The fraction of sp³-hybridized carbons (Fsp3) is 0.800. The fourth-order valence-electron chi connectivity index (χ4n) is 7.04. The number of benzene rings is 1. The molecule has 31 heavy (non-hydrogen) atoms. The predicted octanol–water partition coefficient (Wildman–Crippen LogP) is 8.32. The van der Waals surface area contributed by atoms with Gasteiger partial charge in [0.2, 0.25) is 0 Å². The SMILES string of the molecule is CCCCCOC1CCC2CC(C3CCc4cc(CCCCC)ccc4C3)CCC2C1. The molecule has 1 aromatic rings. The highest BCUT2D eigenvalue weighted by atomic mass is 16.5. The van der Waals surface area contributed by atoms with E-state index in [1.54, 1.807) is 16.7 Å². The van der Waals surface area contributed by atoms with Gasteiger partial charge in [0.05, 0.1) is 6.10 Å². The maximum absolute atomic E-state index is 6.26. The van der Waals surface area contributed by atoms with E-state index in [0.717, 1.165) is 30.3 Å². The van der Waals surface area contributed by atoms with Gasteiger partial charge in [0, 0.05) is 6.61 Å². The second-order valence-corrected chi connectivity index (χ2v) is 11.2. The topological polar surface area (TPSA) is 9.23 Å². The van der Waals surface area contributed by atoms with E-state index in [1.807, 2.05) is 0 Å². The lowest BCUT2D eigenvalue weighted by Crippen LogP contribution is -2.37. The number of hydrogen-bond donors (Lipinski definition) is 0. The first-order valence-corrected chi connectivity index (χ1v) is 14.0. The third kappa shape index (κ3) is 6.37. The van der Waals surface area contributed by atoms with Crippen molar-refractivity contribution in [1.82, 2.24) is 0 Å². The van der Waals surface area contributed by atoms with Gasteiger partial charge in [-0.3, -0.25) is 0 Å². The second-order valence-electron chi connectivity index (χ2n) is 11.2. The number of aryl methyl sites for hydroxylation is 2. The molecule has 2 saturated carbocycles. The minimum absolute atomic E-state index is 0.572. The summed E-state index contributed by atoms with van der Waals surface area (Å²) in [5.74, 6) is 3.89. The van der Waals surface area contributed by atoms with Gasteiger partial charge in [-0.25, -0.2) is 0 Å². The number of unbranched alkanes of at least 4 members (excludes halogenated alkanes) is 4. The second kappa shape index (κ2) is 11.9. The van der Waals surface area contributed by atoms with Crippen molar-refractivity contribution in [2.75, 3.05) is 6.61 Å². The molecule has 0 saturated heterocycles. The lowest BCUT2D eigenvalue weighted by Gasteiger charge is -2.45. The Hall–Kier alpha value is -0.820. The van der Waals surface area contributed by atoms with Crippen molar-refractivity contribution in [1.29, 1.82) is 0 Å². The van der Waals surface area contributed by atoms with Crippen molar-refractivity contribution in [2.45, 2.75) is 123 Å². The van der Waals surface area contributed by atoms with Crippen LogP contribution in [0.3, 0.4) is 0 Å². The largest absolute Gasteiger partial charge is 0.378 e. The molecule has 1 heteroatoms. The van der Waals surface area contributed by atoms with Crippen LogP contribution >= 0.6 is 0 Å². The van der Waals surface area contributed by atoms with Crippen LogP contribution < -0.4 is 0 Å². The average molecular weight is 425 g/mol. The van der Waals surface area contributed by atoms with Gasteiger partial charge in [-0.05, 0) is 117 Å². The molecule has 0 radical (unpaired) electrons. The quantitative estimate of drug-likeness (QED) is 0.343. The summed E-state index contributed by atoms with van der Waals surface area (Å²) in [6.07, 6.45) is 22.5. The third-order valence-corrected chi connectivity index (χ3v) is 8.98. The number of rotatable bonds is 10. The van der Waals surface area contributed by atoms with Crippen LogP contribution in [0.5, 0.6) is 0 Å². The lowest BCUT2D eigenvalue weighted by atomic mass is 9.62. The first-order valence-electron chi connectivity index (χ1n) is 14.0. The van der Waals surface area contributed by atoms with E-state index in [2.05, 4.69) is 32.0 Å². The molecule has 1 aromatic carbocycles. The Bertz CT molecular complexity index is 664. The van der Waals surface area contributed by atoms with E-state index in [-0.39, 0.29) is 0 Å². The van der Waals surface area contributed by atoms with Crippen LogP contribution in [0.2, 0.25) is 0 Å². The molecule has 5 unspecified atom stereocenters. The van der Waals surface area contributed by atoms with Gasteiger partial charge < -0.3 is 4.74 Å². The highest BCUT2D eigenvalue weighted by Crippen LogP contribution is 2.47. The molecule has 0 bridgehead atoms. The summed E-state index contributed by atoms with van der Waals surface area (Å²) in [5.41, 5.74) is 4.95. The Morgan fingerprint density at radius 2 is 1.48 bits per heavy atom. The monoisotopic (exact) mass is 424 g/mol. The van der Waals surface area contributed by atoms with Gasteiger partial charge in [-0.15, -0.1) is 0 Å². The van der Waals surface area contributed by atoms with Crippen LogP contribution in [0.15, 0.2) is 18.2 Å². The Balaban J connectivity index is 1.24. The number of fused-ring (bicyclic) bond motifs is 2. The number of ether oxygens (including phenoxy) is 1. The van der Waals surface area contributed by atoms with E-state index >= 15 is 0 Å². The standard InChI is InChI=1S/C30H48O/c1-3-5-7-9-23-10-11-25-20-26(13-12-24(25)19-23)27-14-15-29-22-30(17-16-28(29)21-27)31-18-8-6-4-2/h10-11,19,26-30H,3-9,12-18,20-22H2,1-2H3. The molecular weight excluding hydrogens is 376 g/mol. The van der Waals surface area contributed by atoms with E-state index in [9.17, 15) is 0 Å². The molecule has 2 fully saturated rings. The molecule has 0 amide bonds. The minimum Gasteiger partial charge on any atom is -0.378 e. The molecule has 3 aliphatic carbocycles. The van der Waals surface area contributed by atoms with E-state index < -0.39 is 0 Å². The van der Waals surface area contributed by atoms with Gasteiger partial charge >= 0.3 is 0 Å². The first-order chi connectivity index (χ1) is 15.3. The zero-order valence-corrected chi connectivity index (χ0v) is 20.5. The van der Waals surface area contributed by atoms with Crippen molar-refractivity contribution in [3.63, 3.8) is 0 Å². The van der Waals surface area contributed by atoms with Crippen molar-refractivity contribution in [3.05, 3.63) is 34.9 Å². The van der Waals surface area contributed by atoms with E-state index in [1.165, 1.54) is 103 Å². The van der Waals surface area contributed by atoms with E-state index in [0.29, 0.717) is 6.10 Å². The molecule has 0 aliphatic heterocycles. The van der Waals surface area contributed by atoms with Crippen molar-refractivity contribution < 1.29 is 4.74 Å². The lowest BCUT2D eigenvalue weighted by molar-refractivity contribution is -0.0249. The van der Waals surface area contributed by atoms with Gasteiger partial charge in [0.1, 0.15) is 0 Å². The molecule has 0 heterocycles. The van der Waals surface area contributed by atoms with Gasteiger partial charge in [0.15, 0.2) is 0 Å². The maximum atomic E-state index is 6.26. The first kappa shape index (κ1) is 23.3. The zero-order valence-electron chi connectivity index (χ0n) is 20.5. The average Bonchev–Trinajstić information content (AvgIpc) is 2.81. The summed E-state index contributed by atoms with van der Waals surface area (Å²) in [6, 6.07) is 7.49. The van der Waals surface area contributed by atoms with Crippen molar-refractivity contribution >= 4 is 0 Å². The van der Waals surface area contributed by atoms with Crippen molar-refractivity contribution in [3.8, 4) is 0 Å². The molecule has 0 spiro atoms. The van der Waals surface area contributed by atoms with Gasteiger partial charge in [0.25, 0.3) is 0 Å². The maximum Gasteiger partial charge on any atom is 0.0578 e. The Kier molecular flexibility index (Phi) is 8.94. The smallest absolute Gasteiger partial charge is 0.0578 e. The summed E-state index contributed by atoms with van der Waals surface area (Å²) in [4.78, 5) is 0. The third-order valence-electron chi connectivity index (χ3n) is 8.98. The normalized spacial score (nSPS) is 30.6.